The number of nitrogens with zero attached hydrogens (tertiary/aromatic N) is 4. The molecule has 0 aliphatic carbocycles. The number of aromatic carboxylic acids is 1. The molecule has 2 N–H and O–H groups in total. The molecule has 0 aromatic carbocycles. The fourth-order valence-electron chi connectivity index (χ4n) is 3.80. The maximum absolute atomic E-state index is 12.9. The van der Waals surface area contributed by atoms with Crippen LogP contribution in [0.1, 0.15) is 29.8 Å². The van der Waals surface area contributed by atoms with Gasteiger partial charge in [0.05, 0.1) is 17.9 Å². The molecule has 3 aromatic heterocycles. The van der Waals surface area contributed by atoms with Crippen molar-refractivity contribution in [3.05, 3.63) is 45.2 Å². The van der Waals surface area contributed by atoms with E-state index in [2.05, 4.69) is 15.3 Å². The van der Waals surface area contributed by atoms with Gasteiger partial charge < -0.3 is 20.1 Å². The molecule has 1 aliphatic heterocycles. The summed E-state index contributed by atoms with van der Waals surface area (Å²) < 4.78 is 6.89. The molecule has 174 valence electrons. The Kier molecular flexibility index (Phi) is 6.43. The van der Waals surface area contributed by atoms with Crippen LogP contribution in [0.2, 0.25) is 0 Å². The van der Waals surface area contributed by atoms with Gasteiger partial charge in [-0.15, -0.1) is 11.3 Å². The first-order valence-electron chi connectivity index (χ1n) is 10.6. The minimum atomic E-state index is -1.30. The number of hydrogen-bond acceptors (Lipinski definition) is 8. The number of ether oxygens (including phenoxy) is 1. The fourth-order valence-corrected chi connectivity index (χ4v) is 4.42. The van der Waals surface area contributed by atoms with Crippen molar-refractivity contribution in [2.75, 3.05) is 31.2 Å². The molecule has 1 amide bonds. The molecule has 0 saturated carbocycles. The number of hydrogen-bond donors (Lipinski definition) is 2. The highest BCUT2D eigenvalue weighted by Crippen LogP contribution is 2.28. The number of pyridine rings is 2. The van der Waals surface area contributed by atoms with Gasteiger partial charge in [0.2, 0.25) is 11.3 Å². The molecule has 11 heteroatoms. The van der Waals surface area contributed by atoms with Crippen LogP contribution in [-0.2, 0) is 9.53 Å². The summed E-state index contributed by atoms with van der Waals surface area (Å²) in [6.45, 7) is 7.64. The lowest BCUT2D eigenvalue weighted by Crippen LogP contribution is -2.55. The average molecular weight is 472 g/mol. The Balaban J connectivity index is 1.63. The monoisotopic (exact) mass is 471 g/mol. The lowest BCUT2D eigenvalue weighted by molar-refractivity contribution is -0.126. The van der Waals surface area contributed by atoms with Crippen molar-refractivity contribution in [3.8, 4) is 5.13 Å². The molecule has 1 aliphatic rings. The largest absolute Gasteiger partial charge is 0.477 e. The molecule has 1 fully saturated rings. The summed E-state index contributed by atoms with van der Waals surface area (Å²) >= 11 is 1.31. The highest BCUT2D eigenvalue weighted by Gasteiger charge is 2.34. The number of anilines is 1. The van der Waals surface area contributed by atoms with Gasteiger partial charge in [0.1, 0.15) is 11.4 Å². The predicted molar refractivity (Wildman–Crippen MR) is 125 cm³/mol. The Morgan fingerprint density at radius 3 is 2.79 bits per heavy atom. The number of rotatable bonds is 8. The van der Waals surface area contributed by atoms with Gasteiger partial charge in [-0.3, -0.25) is 14.2 Å². The number of carboxylic acid groups (broad SMARTS) is 1. The van der Waals surface area contributed by atoms with Crippen LogP contribution in [0.5, 0.6) is 0 Å². The zero-order valence-corrected chi connectivity index (χ0v) is 19.4. The topological polar surface area (TPSA) is 127 Å². The first-order chi connectivity index (χ1) is 15.8. The molecular weight excluding hydrogens is 446 g/mol. The number of aromatic nitrogens is 3. The normalized spacial score (nSPS) is 14.8. The van der Waals surface area contributed by atoms with Crippen LogP contribution in [0, 0.1) is 12.8 Å². The van der Waals surface area contributed by atoms with Crippen molar-refractivity contribution in [1.29, 1.82) is 0 Å². The zero-order valence-electron chi connectivity index (χ0n) is 18.6. The summed E-state index contributed by atoms with van der Waals surface area (Å²) in [6.07, 6.45) is 2.88. The van der Waals surface area contributed by atoms with Gasteiger partial charge in [-0.2, -0.15) is 0 Å². The van der Waals surface area contributed by atoms with Crippen LogP contribution in [0.25, 0.3) is 16.2 Å². The van der Waals surface area contributed by atoms with E-state index in [0.717, 1.165) is 0 Å². The fraction of sp³-hybridized carbons (Fsp3) is 0.409. The molecule has 33 heavy (non-hydrogen) atoms. The Hall–Kier alpha value is -3.31. The van der Waals surface area contributed by atoms with E-state index in [4.69, 9.17) is 4.74 Å². The van der Waals surface area contributed by atoms with Gasteiger partial charge in [-0.05, 0) is 32.4 Å². The van der Waals surface area contributed by atoms with Crippen LogP contribution >= 0.6 is 11.3 Å². The van der Waals surface area contributed by atoms with Gasteiger partial charge in [0, 0.05) is 43.5 Å². The van der Waals surface area contributed by atoms with E-state index in [1.165, 1.54) is 17.5 Å². The average Bonchev–Trinajstić information content (AvgIpc) is 3.25. The van der Waals surface area contributed by atoms with E-state index >= 15 is 0 Å². The third-order valence-electron chi connectivity index (χ3n) is 5.53. The van der Waals surface area contributed by atoms with Crippen LogP contribution in [0.15, 0.2) is 28.6 Å². The number of fused-ring (bicyclic) bond motifs is 1. The van der Waals surface area contributed by atoms with Crippen molar-refractivity contribution < 1.29 is 19.4 Å². The van der Waals surface area contributed by atoms with Crippen molar-refractivity contribution in [1.82, 2.24) is 19.9 Å². The molecule has 1 saturated heterocycles. The first kappa shape index (κ1) is 22.9. The third-order valence-corrected chi connectivity index (χ3v) is 6.31. The number of carbonyl (C=O) groups is 2. The first-order valence-corrected chi connectivity index (χ1v) is 11.5. The number of nitrogens with one attached hydrogen (secondary N) is 1. The Bertz CT molecular complexity index is 1250. The quantitative estimate of drug-likeness (QED) is 0.510. The standard InChI is InChI=1S/C22H25N5O5S/c1-4-32-11-13(3)24-20(29)14-8-26(9-14)16-7-12(2)17-18(28)15(21(30)31)10-27(19(17)25-16)22-23-5-6-33-22/h5-7,10,13-14H,4,8-9,11H2,1-3H3,(H,24,29)(H,30,31)/t13-/m0/s1. The molecule has 1 atom stereocenters. The van der Waals surface area contributed by atoms with E-state index in [9.17, 15) is 19.5 Å². The van der Waals surface area contributed by atoms with E-state index in [-0.39, 0.29) is 28.8 Å². The van der Waals surface area contributed by atoms with E-state index in [1.54, 1.807) is 29.1 Å². The minimum Gasteiger partial charge on any atom is -0.477 e. The summed E-state index contributed by atoms with van der Waals surface area (Å²) in [6, 6.07) is 1.69. The number of carbonyl (C=O) groups excluding carboxylic acids is 1. The van der Waals surface area contributed by atoms with Crippen molar-refractivity contribution >= 4 is 40.1 Å². The lowest BCUT2D eigenvalue weighted by Gasteiger charge is -2.39. The predicted octanol–water partition coefficient (Wildman–Crippen LogP) is 1.83. The highest BCUT2D eigenvalue weighted by molar-refractivity contribution is 7.12. The molecule has 4 heterocycles. The van der Waals surface area contributed by atoms with Gasteiger partial charge >= 0.3 is 5.97 Å². The van der Waals surface area contributed by atoms with Gasteiger partial charge in [-0.25, -0.2) is 14.8 Å². The van der Waals surface area contributed by atoms with Crippen LogP contribution in [-0.4, -0.2) is 63.9 Å². The number of thiazole rings is 1. The Morgan fingerprint density at radius 1 is 1.39 bits per heavy atom. The summed E-state index contributed by atoms with van der Waals surface area (Å²) in [4.78, 5) is 47.9. The molecule has 4 rings (SSSR count). The second-order valence-electron chi connectivity index (χ2n) is 8.03. The van der Waals surface area contributed by atoms with Crippen LogP contribution in [0.4, 0.5) is 5.82 Å². The molecule has 0 bridgehead atoms. The van der Waals surface area contributed by atoms with E-state index in [0.29, 0.717) is 48.5 Å². The summed E-state index contributed by atoms with van der Waals surface area (Å²) in [7, 11) is 0. The maximum Gasteiger partial charge on any atom is 0.341 e. The second kappa shape index (κ2) is 9.28. The van der Waals surface area contributed by atoms with E-state index in [1.807, 2.05) is 18.7 Å². The molecule has 10 nitrogen and oxygen atoms in total. The molecule has 0 unspecified atom stereocenters. The van der Waals surface area contributed by atoms with E-state index < -0.39 is 11.4 Å². The summed E-state index contributed by atoms with van der Waals surface area (Å²) in [5.74, 6) is -0.866. The third kappa shape index (κ3) is 4.46. The zero-order chi connectivity index (χ0) is 23.7. The van der Waals surface area contributed by atoms with Crippen molar-refractivity contribution in [3.63, 3.8) is 0 Å². The smallest absolute Gasteiger partial charge is 0.341 e. The Labute approximate surface area is 193 Å². The minimum absolute atomic E-state index is 0.0261. The van der Waals surface area contributed by atoms with Crippen LogP contribution in [0.3, 0.4) is 0 Å². The summed E-state index contributed by atoms with van der Waals surface area (Å²) in [5.41, 5.74) is 0.0445. The number of aryl methyl sites for hydroxylation is 1. The molecule has 3 aromatic rings. The van der Waals surface area contributed by atoms with Crippen molar-refractivity contribution in [2.45, 2.75) is 26.8 Å². The number of carboxylic acids is 1. The van der Waals surface area contributed by atoms with Gasteiger partial charge in [-0.1, -0.05) is 0 Å². The number of amides is 1. The molecule has 0 spiro atoms. The maximum atomic E-state index is 12.9. The highest BCUT2D eigenvalue weighted by atomic mass is 32.1. The summed E-state index contributed by atoms with van der Waals surface area (Å²) in [5, 5.41) is 15.0. The van der Waals surface area contributed by atoms with Crippen LogP contribution < -0.4 is 15.6 Å². The second-order valence-corrected chi connectivity index (χ2v) is 8.90. The Morgan fingerprint density at radius 2 is 2.15 bits per heavy atom. The molecular formula is C22H25N5O5S. The molecule has 0 radical (unpaired) electrons. The van der Waals surface area contributed by atoms with Crippen molar-refractivity contribution in [2.24, 2.45) is 5.92 Å². The lowest BCUT2D eigenvalue weighted by atomic mass is 9.98. The SMILES string of the molecule is CCOC[C@H](C)NC(=O)C1CN(c2cc(C)c3c(=O)c(C(=O)O)cn(-c4nccs4)c3n2)C1. The van der Waals surface area contributed by atoms with Gasteiger partial charge in [0.25, 0.3) is 0 Å². The van der Waals surface area contributed by atoms with Gasteiger partial charge in [0.15, 0.2) is 10.8 Å².